The van der Waals surface area contributed by atoms with Gasteiger partial charge in [-0.15, -0.1) is 0 Å². The van der Waals surface area contributed by atoms with Crippen LogP contribution in [0.1, 0.15) is 32.3 Å². The van der Waals surface area contributed by atoms with E-state index in [1.165, 1.54) is 5.56 Å². The third-order valence-electron chi connectivity index (χ3n) is 3.38. The smallest absolute Gasteiger partial charge is 0.314 e. The van der Waals surface area contributed by atoms with Gasteiger partial charge in [-0.25, -0.2) is 4.79 Å². The molecule has 5 heteroatoms. The molecule has 1 aromatic carbocycles. The minimum atomic E-state index is -0.123. The van der Waals surface area contributed by atoms with Crippen molar-refractivity contribution in [1.82, 2.24) is 10.6 Å². The Labute approximate surface area is 133 Å². The number of urea groups is 1. The predicted octanol–water partition coefficient (Wildman–Crippen LogP) is 2.74. The van der Waals surface area contributed by atoms with E-state index >= 15 is 0 Å². The summed E-state index contributed by atoms with van der Waals surface area (Å²) in [5.74, 6) is 0.925. The minimum absolute atomic E-state index is 0.0844. The van der Waals surface area contributed by atoms with Crippen molar-refractivity contribution in [3.8, 4) is 5.75 Å². The minimum Gasteiger partial charge on any atom is -0.494 e. The highest BCUT2D eigenvalue weighted by atomic mass is 16.5. The van der Waals surface area contributed by atoms with Crippen LogP contribution in [0.5, 0.6) is 5.75 Å². The molecule has 0 saturated heterocycles. The van der Waals surface area contributed by atoms with Gasteiger partial charge in [-0.1, -0.05) is 18.2 Å². The predicted molar refractivity (Wildman–Crippen MR) is 88.4 cm³/mol. The largest absolute Gasteiger partial charge is 0.494 e. The number of carbonyl (C=O) groups excluding carboxylic acids is 1. The van der Waals surface area contributed by atoms with E-state index in [4.69, 9.17) is 9.47 Å². The van der Waals surface area contributed by atoms with Gasteiger partial charge in [0.2, 0.25) is 0 Å². The van der Waals surface area contributed by atoms with Gasteiger partial charge in [0.15, 0.2) is 0 Å². The molecule has 5 nitrogen and oxygen atoms in total. The van der Waals surface area contributed by atoms with E-state index in [1.54, 1.807) is 7.11 Å². The van der Waals surface area contributed by atoms with E-state index in [9.17, 15) is 4.79 Å². The van der Waals surface area contributed by atoms with Crippen molar-refractivity contribution in [2.45, 2.75) is 39.2 Å². The lowest BCUT2D eigenvalue weighted by molar-refractivity contribution is 0.180. The summed E-state index contributed by atoms with van der Waals surface area (Å²) in [4.78, 5) is 11.7. The molecule has 0 fully saturated rings. The Kier molecular flexibility index (Phi) is 9.07. The molecule has 124 valence electrons. The number of rotatable bonds is 10. The maximum Gasteiger partial charge on any atom is 0.314 e. The Bertz CT molecular complexity index is 438. The molecule has 1 unspecified atom stereocenters. The van der Waals surface area contributed by atoms with Gasteiger partial charge in [-0.2, -0.15) is 0 Å². The van der Waals surface area contributed by atoms with Crippen molar-refractivity contribution < 1.29 is 14.3 Å². The third kappa shape index (κ3) is 6.80. The van der Waals surface area contributed by atoms with Gasteiger partial charge < -0.3 is 20.1 Å². The SMILES string of the molecule is CCNC(=O)NC(CCOC)CCc1ccccc1OCC. The van der Waals surface area contributed by atoms with Crippen molar-refractivity contribution in [2.24, 2.45) is 0 Å². The fourth-order valence-corrected chi connectivity index (χ4v) is 2.28. The van der Waals surface area contributed by atoms with Crippen molar-refractivity contribution >= 4 is 6.03 Å². The second-order valence-corrected chi connectivity index (χ2v) is 5.06. The van der Waals surface area contributed by atoms with Gasteiger partial charge in [-0.05, 0) is 44.7 Å². The van der Waals surface area contributed by atoms with E-state index in [0.717, 1.165) is 25.0 Å². The number of methoxy groups -OCH3 is 1. The van der Waals surface area contributed by atoms with Crippen LogP contribution in [0.4, 0.5) is 4.79 Å². The number of ether oxygens (including phenoxy) is 2. The molecule has 0 aliphatic carbocycles. The number of aryl methyl sites for hydroxylation is 1. The molecule has 0 aromatic heterocycles. The normalized spacial score (nSPS) is 11.8. The van der Waals surface area contributed by atoms with Crippen LogP contribution in [0.15, 0.2) is 24.3 Å². The van der Waals surface area contributed by atoms with E-state index in [1.807, 2.05) is 32.0 Å². The molecule has 2 N–H and O–H groups in total. The fraction of sp³-hybridized carbons (Fsp3) is 0.588. The zero-order valence-electron chi connectivity index (χ0n) is 13.9. The van der Waals surface area contributed by atoms with Crippen LogP contribution in [0, 0.1) is 0 Å². The first-order chi connectivity index (χ1) is 10.7. The summed E-state index contributed by atoms with van der Waals surface area (Å²) in [5.41, 5.74) is 1.17. The molecule has 1 atom stereocenters. The van der Waals surface area contributed by atoms with Crippen LogP contribution in [-0.2, 0) is 11.2 Å². The summed E-state index contributed by atoms with van der Waals surface area (Å²) in [6.45, 7) is 5.79. The van der Waals surface area contributed by atoms with E-state index in [0.29, 0.717) is 19.8 Å². The lowest BCUT2D eigenvalue weighted by Crippen LogP contribution is -2.42. The zero-order chi connectivity index (χ0) is 16.2. The topological polar surface area (TPSA) is 59.6 Å². The summed E-state index contributed by atoms with van der Waals surface area (Å²) < 4.78 is 10.8. The van der Waals surface area contributed by atoms with Gasteiger partial charge in [0.05, 0.1) is 6.61 Å². The standard InChI is InChI=1S/C17H28N2O3/c1-4-18-17(20)19-15(12-13-21-3)11-10-14-8-6-7-9-16(14)22-5-2/h6-9,15H,4-5,10-13H2,1-3H3,(H2,18,19,20). The summed E-state index contributed by atoms with van der Waals surface area (Å²) in [5, 5.41) is 5.77. The highest BCUT2D eigenvalue weighted by molar-refractivity contribution is 5.74. The number of hydrogen-bond acceptors (Lipinski definition) is 3. The van der Waals surface area contributed by atoms with E-state index < -0.39 is 0 Å². The van der Waals surface area contributed by atoms with Crippen LogP contribution < -0.4 is 15.4 Å². The average molecular weight is 308 g/mol. The summed E-state index contributed by atoms with van der Waals surface area (Å²) in [6.07, 6.45) is 2.51. The number of carbonyl (C=O) groups is 1. The fourth-order valence-electron chi connectivity index (χ4n) is 2.28. The Hall–Kier alpha value is -1.75. The molecule has 1 aromatic rings. The molecular weight excluding hydrogens is 280 g/mol. The van der Waals surface area contributed by atoms with Gasteiger partial charge in [-0.3, -0.25) is 0 Å². The first-order valence-corrected chi connectivity index (χ1v) is 7.95. The number of amides is 2. The molecule has 0 radical (unpaired) electrons. The van der Waals surface area contributed by atoms with Gasteiger partial charge >= 0.3 is 6.03 Å². The van der Waals surface area contributed by atoms with Crippen molar-refractivity contribution in [1.29, 1.82) is 0 Å². The maximum atomic E-state index is 11.7. The molecule has 0 aliphatic heterocycles. The number of nitrogens with one attached hydrogen (secondary N) is 2. The highest BCUT2D eigenvalue weighted by Gasteiger charge is 2.13. The molecule has 0 saturated carbocycles. The Morgan fingerprint density at radius 2 is 2.00 bits per heavy atom. The van der Waals surface area contributed by atoms with Crippen LogP contribution in [0.2, 0.25) is 0 Å². The molecule has 2 amide bonds. The summed E-state index contributed by atoms with van der Waals surface area (Å²) in [7, 11) is 1.67. The Morgan fingerprint density at radius 1 is 1.23 bits per heavy atom. The zero-order valence-corrected chi connectivity index (χ0v) is 13.9. The van der Waals surface area contributed by atoms with E-state index in [2.05, 4.69) is 16.7 Å². The summed E-state index contributed by atoms with van der Waals surface area (Å²) in [6, 6.07) is 8.01. The van der Waals surface area contributed by atoms with Gasteiger partial charge in [0.1, 0.15) is 5.75 Å². The van der Waals surface area contributed by atoms with Crippen LogP contribution in [-0.4, -0.2) is 38.9 Å². The molecule has 0 aliphatic rings. The van der Waals surface area contributed by atoms with Gasteiger partial charge in [0.25, 0.3) is 0 Å². The molecule has 0 spiro atoms. The molecule has 0 bridgehead atoms. The molecule has 0 heterocycles. The first kappa shape index (κ1) is 18.3. The maximum absolute atomic E-state index is 11.7. The number of benzene rings is 1. The Morgan fingerprint density at radius 3 is 2.68 bits per heavy atom. The van der Waals surface area contributed by atoms with E-state index in [-0.39, 0.29) is 12.1 Å². The molecular formula is C17H28N2O3. The quantitative estimate of drug-likeness (QED) is 0.699. The summed E-state index contributed by atoms with van der Waals surface area (Å²) >= 11 is 0. The Balaban J connectivity index is 2.59. The number of hydrogen-bond donors (Lipinski definition) is 2. The van der Waals surface area contributed by atoms with Crippen molar-refractivity contribution in [3.05, 3.63) is 29.8 Å². The lowest BCUT2D eigenvalue weighted by Gasteiger charge is -2.19. The first-order valence-electron chi connectivity index (χ1n) is 7.95. The van der Waals surface area contributed by atoms with Crippen LogP contribution in [0.3, 0.4) is 0 Å². The van der Waals surface area contributed by atoms with Crippen molar-refractivity contribution in [2.75, 3.05) is 26.9 Å². The lowest BCUT2D eigenvalue weighted by atomic mass is 10.0. The second-order valence-electron chi connectivity index (χ2n) is 5.06. The second kappa shape index (κ2) is 10.9. The third-order valence-corrected chi connectivity index (χ3v) is 3.38. The highest BCUT2D eigenvalue weighted by Crippen LogP contribution is 2.20. The average Bonchev–Trinajstić information content (AvgIpc) is 2.51. The van der Waals surface area contributed by atoms with Crippen molar-refractivity contribution in [3.63, 3.8) is 0 Å². The number of para-hydroxylation sites is 1. The molecule has 1 rings (SSSR count). The van der Waals surface area contributed by atoms with Crippen LogP contribution in [0.25, 0.3) is 0 Å². The van der Waals surface area contributed by atoms with Gasteiger partial charge in [0, 0.05) is 26.3 Å². The van der Waals surface area contributed by atoms with Crippen LogP contribution >= 0.6 is 0 Å². The molecule has 22 heavy (non-hydrogen) atoms. The monoisotopic (exact) mass is 308 g/mol.